The van der Waals surface area contributed by atoms with Gasteiger partial charge in [-0.3, -0.25) is 4.79 Å². The van der Waals surface area contributed by atoms with E-state index < -0.39 is 0 Å². The van der Waals surface area contributed by atoms with Crippen LogP contribution in [0.3, 0.4) is 0 Å². The van der Waals surface area contributed by atoms with Crippen molar-refractivity contribution >= 4 is 47.6 Å². The van der Waals surface area contributed by atoms with Gasteiger partial charge in [-0.2, -0.15) is 11.8 Å². The molecule has 1 fully saturated rings. The molecule has 1 aliphatic heterocycles. The van der Waals surface area contributed by atoms with Gasteiger partial charge in [-0.15, -0.1) is 24.0 Å². The van der Waals surface area contributed by atoms with Crippen LogP contribution in [-0.2, 0) is 4.79 Å². The Labute approximate surface area is 137 Å². The van der Waals surface area contributed by atoms with Crippen molar-refractivity contribution in [2.75, 3.05) is 44.7 Å². The van der Waals surface area contributed by atoms with E-state index in [1.54, 1.807) is 11.8 Å². The summed E-state index contributed by atoms with van der Waals surface area (Å²) < 4.78 is 0. The first-order valence-electron chi connectivity index (χ1n) is 6.56. The molecular weight excluding hydrogens is 375 g/mol. The highest BCUT2D eigenvalue weighted by Gasteiger charge is 2.17. The highest BCUT2D eigenvalue weighted by Crippen LogP contribution is 2.07. The minimum absolute atomic E-state index is 0. The summed E-state index contributed by atoms with van der Waals surface area (Å²) in [4.78, 5) is 18.1. The molecule has 0 spiro atoms. The molecule has 0 aromatic heterocycles. The lowest BCUT2D eigenvalue weighted by molar-refractivity contribution is -0.128. The maximum Gasteiger partial charge on any atom is 0.244 e. The molecule has 1 amide bonds. The van der Waals surface area contributed by atoms with E-state index in [1.165, 1.54) is 0 Å². The molecule has 0 bridgehead atoms. The molecule has 1 rings (SSSR count). The van der Waals surface area contributed by atoms with E-state index in [0.29, 0.717) is 0 Å². The zero-order valence-electron chi connectivity index (χ0n) is 11.8. The first kappa shape index (κ1) is 18.8. The number of halogens is 1. The van der Waals surface area contributed by atoms with Crippen molar-refractivity contribution in [2.45, 2.75) is 19.8 Å². The van der Waals surface area contributed by atoms with Gasteiger partial charge in [-0.05, 0) is 26.0 Å². The molecule has 7 heteroatoms. The van der Waals surface area contributed by atoms with Gasteiger partial charge in [-0.1, -0.05) is 0 Å². The molecule has 19 heavy (non-hydrogen) atoms. The number of hydrogen-bond acceptors (Lipinski definition) is 3. The van der Waals surface area contributed by atoms with Gasteiger partial charge in [0.2, 0.25) is 5.91 Å². The number of rotatable bonds is 6. The van der Waals surface area contributed by atoms with E-state index >= 15 is 0 Å². The Hall–Kier alpha value is -0.180. The first-order valence-corrected chi connectivity index (χ1v) is 7.96. The maximum atomic E-state index is 11.8. The average Bonchev–Trinajstić information content (AvgIpc) is 2.89. The summed E-state index contributed by atoms with van der Waals surface area (Å²) in [7, 11) is 0. The predicted octanol–water partition coefficient (Wildman–Crippen LogP) is 1.14. The topological polar surface area (TPSA) is 56.7 Å². The van der Waals surface area contributed by atoms with Crippen molar-refractivity contribution in [1.29, 1.82) is 0 Å². The number of hydrogen-bond donors (Lipinski definition) is 2. The van der Waals surface area contributed by atoms with Gasteiger partial charge < -0.3 is 15.5 Å². The van der Waals surface area contributed by atoms with Gasteiger partial charge >= 0.3 is 0 Å². The summed E-state index contributed by atoms with van der Waals surface area (Å²) in [5.74, 6) is 1.90. The quantitative estimate of drug-likeness (QED) is 0.304. The fourth-order valence-electron chi connectivity index (χ4n) is 1.83. The second-order valence-corrected chi connectivity index (χ2v) is 5.19. The molecule has 0 aromatic carbocycles. The Morgan fingerprint density at radius 1 is 1.32 bits per heavy atom. The number of guanidine groups is 1. The van der Waals surface area contributed by atoms with Crippen molar-refractivity contribution in [3.8, 4) is 0 Å². The third-order valence-electron chi connectivity index (χ3n) is 2.77. The predicted molar refractivity (Wildman–Crippen MR) is 93.6 cm³/mol. The summed E-state index contributed by atoms with van der Waals surface area (Å²) in [5, 5.41) is 6.36. The minimum atomic E-state index is 0. The maximum absolute atomic E-state index is 11.8. The fourth-order valence-corrected chi connectivity index (χ4v) is 2.13. The van der Waals surface area contributed by atoms with Gasteiger partial charge in [0.25, 0.3) is 0 Å². The van der Waals surface area contributed by atoms with Crippen LogP contribution in [0.4, 0.5) is 0 Å². The van der Waals surface area contributed by atoms with Crippen molar-refractivity contribution in [2.24, 2.45) is 4.99 Å². The van der Waals surface area contributed by atoms with Crippen LogP contribution in [-0.4, -0.2) is 61.5 Å². The summed E-state index contributed by atoms with van der Waals surface area (Å²) in [6.07, 6.45) is 4.33. The molecule has 2 N–H and O–H groups in total. The molecular formula is C12H25IN4OS. The van der Waals surface area contributed by atoms with Crippen LogP contribution in [0.1, 0.15) is 19.8 Å². The van der Waals surface area contributed by atoms with Crippen LogP contribution in [0.15, 0.2) is 4.99 Å². The van der Waals surface area contributed by atoms with Crippen LogP contribution in [0, 0.1) is 0 Å². The second-order valence-electron chi connectivity index (χ2n) is 4.20. The van der Waals surface area contributed by atoms with E-state index in [1.807, 2.05) is 11.8 Å². The Morgan fingerprint density at radius 3 is 2.58 bits per heavy atom. The molecule has 5 nitrogen and oxygen atoms in total. The number of carbonyl (C=O) groups excluding carboxylic acids is 1. The van der Waals surface area contributed by atoms with Crippen molar-refractivity contribution < 1.29 is 4.79 Å². The number of nitrogens with zero attached hydrogens (tertiary/aromatic N) is 2. The van der Waals surface area contributed by atoms with Crippen LogP contribution >= 0.6 is 35.7 Å². The molecule has 0 aromatic rings. The number of likely N-dealkylation sites (tertiary alicyclic amines) is 1. The first-order chi connectivity index (χ1) is 8.77. The van der Waals surface area contributed by atoms with Gasteiger partial charge in [-0.25, -0.2) is 4.99 Å². The standard InChI is InChI=1S/C12H24N4OS.HI/c1-3-13-12(14-6-9-18-2)15-10-11(17)16-7-4-5-8-16;/h3-10H2,1-2H3,(H2,13,14,15);1H. The second kappa shape index (κ2) is 11.6. The number of aliphatic imine (C=N–C) groups is 1. The highest BCUT2D eigenvalue weighted by molar-refractivity contribution is 14.0. The molecule has 0 aliphatic carbocycles. The molecule has 0 atom stereocenters. The largest absolute Gasteiger partial charge is 0.357 e. The zero-order valence-corrected chi connectivity index (χ0v) is 14.9. The molecule has 0 radical (unpaired) electrons. The number of amides is 1. The summed E-state index contributed by atoms with van der Waals surface area (Å²) in [6.45, 7) is 5.73. The molecule has 1 aliphatic rings. The van der Waals surface area contributed by atoms with Gasteiger partial charge in [0.15, 0.2) is 5.96 Å². The Balaban J connectivity index is 0.00000324. The van der Waals surface area contributed by atoms with Crippen LogP contribution in [0.2, 0.25) is 0 Å². The Bertz CT molecular complexity index is 283. The Kier molecular flexibility index (Phi) is 11.5. The van der Waals surface area contributed by atoms with Crippen LogP contribution in [0.5, 0.6) is 0 Å². The monoisotopic (exact) mass is 400 g/mol. The summed E-state index contributed by atoms with van der Waals surface area (Å²) in [6, 6.07) is 0. The van der Waals surface area contributed by atoms with E-state index in [0.717, 1.165) is 50.7 Å². The third kappa shape index (κ3) is 7.86. The Morgan fingerprint density at radius 2 is 2.00 bits per heavy atom. The van der Waals surface area contributed by atoms with Crippen molar-refractivity contribution in [1.82, 2.24) is 15.5 Å². The minimum Gasteiger partial charge on any atom is -0.357 e. The summed E-state index contributed by atoms with van der Waals surface area (Å²) >= 11 is 1.79. The number of nitrogens with one attached hydrogen (secondary N) is 2. The molecule has 1 saturated heterocycles. The fraction of sp³-hybridized carbons (Fsp3) is 0.833. The number of thioether (sulfide) groups is 1. The van der Waals surface area contributed by atoms with E-state index in [-0.39, 0.29) is 36.4 Å². The smallest absolute Gasteiger partial charge is 0.244 e. The lowest BCUT2D eigenvalue weighted by Gasteiger charge is -2.15. The third-order valence-corrected chi connectivity index (χ3v) is 3.39. The molecule has 112 valence electrons. The molecule has 0 unspecified atom stereocenters. The van der Waals surface area contributed by atoms with E-state index in [2.05, 4.69) is 21.9 Å². The van der Waals surface area contributed by atoms with E-state index in [4.69, 9.17) is 0 Å². The average molecular weight is 400 g/mol. The lowest BCUT2D eigenvalue weighted by atomic mass is 10.4. The SMILES string of the molecule is CCNC(=NCC(=O)N1CCCC1)NCCSC.I. The van der Waals surface area contributed by atoms with Crippen molar-refractivity contribution in [3.63, 3.8) is 0 Å². The van der Waals surface area contributed by atoms with Gasteiger partial charge in [0.05, 0.1) is 0 Å². The molecule has 0 saturated carbocycles. The van der Waals surface area contributed by atoms with Crippen molar-refractivity contribution in [3.05, 3.63) is 0 Å². The highest BCUT2D eigenvalue weighted by atomic mass is 127. The van der Waals surface area contributed by atoms with E-state index in [9.17, 15) is 4.79 Å². The molecule has 1 heterocycles. The zero-order chi connectivity index (χ0) is 13.2. The van der Waals surface area contributed by atoms with Crippen LogP contribution in [0.25, 0.3) is 0 Å². The lowest BCUT2D eigenvalue weighted by Crippen LogP contribution is -2.39. The number of carbonyl (C=O) groups is 1. The van der Waals surface area contributed by atoms with Crippen LogP contribution < -0.4 is 10.6 Å². The van der Waals surface area contributed by atoms with Gasteiger partial charge in [0.1, 0.15) is 6.54 Å². The summed E-state index contributed by atoms with van der Waals surface area (Å²) in [5.41, 5.74) is 0. The van der Waals surface area contributed by atoms with Gasteiger partial charge in [0, 0.05) is 31.9 Å². The normalized spacial score (nSPS) is 15.1.